The number of amides is 2. The van der Waals surface area contributed by atoms with Gasteiger partial charge in [0.2, 0.25) is 0 Å². The van der Waals surface area contributed by atoms with E-state index in [9.17, 15) is 4.79 Å². The van der Waals surface area contributed by atoms with Gasteiger partial charge in [0.05, 0.1) is 18.7 Å². The Morgan fingerprint density at radius 3 is 3.06 bits per heavy atom. The van der Waals surface area contributed by atoms with Crippen molar-refractivity contribution in [1.29, 1.82) is 0 Å². The maximum absolute atomic E-state index is 12.0. The van der Waals surface area contributed by atoms with Crippen molar-refractivity contribution >= 4 is 6.03 Å². The highest BCUT2D eigenvalue weighted by Gasteiger charge is 2.26. The number of carbonyl (C=O) groups excluding carboxylic acids is 1. The molecule has 0 aliphatic carbocycles. The number of urea groups is 1. The molecule has 5 nitrogen and oxygen atoms in total. The monoisotopic (exact) mass is 250 g/mol. The standard InChI is InChI=1S/C13H18N2O3/c1-9(7-16)15(2)13(17)14-11-8-18-12-6-4-3-5-10(11)12/h3-6,9,11,16H,7-8H2,1-2H3,(H,14,17). The predicted octanol–water partition coefficient (Wildman–Crippen LogP) is 1.14. The zero-order chi connectivity index (χ0) is 13.1. The minimum absolute atomic E-state index is 0.0539. The van der Waals surface area contributed by atoms with Gasteiger partial charge in [-0.15, -0.1) is 0 Å². The first-order chi connectivity index (χ1) is 8.63. The molecular weight excluding hydrogens is 232 g/mol. The van der Waals surface area contributed by atoms with Gasteiger partial charge in [0, 0.05) is 12.6 Å². The zero-order valence-corrected chi connectivity index (χ0v) is 10.6. The molecule has 1 heterocycles. The van der Waals surface area contributed by atoms with Gasteiger partial charge in [-0.25, -0.2) is 4.79 Å². The lowest BCUT2D eigenvalue weighted by atomic mass is 10.1. The van der Waals surface area contributed by atoms with Crippen LogP contribution in [0.15, 0.2) is 24.3 Å². The number of nitrogens with one attached hydrogen (secondary N) is 1. The number of ether oxygens (including phenoxy) is 1. The van der Waals surface area contributed by atoms with Crippen molar-refractivity contribution in [3.63, 3.8) is 0 Å². The molecular formula is C13H18N2O3. The molecule has 0 radical (unpaired) electrons. The molecule has 0 saturated heterocycles. The van der Waals surface area contributed by atoms with Crippen molar-refractivity contribution in [3.8, 4) is 5.75 Å². The van der Waals surface area contributed by atoms with Crippen molar-refractivity contribution in [2.24, 2.45) is 0 Å². The molecule has 1 aromatic rings. The van der Waals surface area contributed by atoms with E-state index in [1.165, 1.54) is 4.90 Å². The maximum Gasteiger partial charge on any atom is 0.318 e. The lowest BCUT2D eigenvalue weighted by molar-refractivity contribution is 0.153. The van der Waals surface area contributed by atoms with E-state index < -0.39 is 0 Å². The first-order valence-corrected chi connectivity index (χ1v) is 5.99. The molecule has 5 heteroatoms. The molecule has 1 aliphatic heterocycles. The summed E-state index contributed by atoms with van der Waals surface area (Å²) in [6.45, 7) is 2.19. The highest BCUT2D eigenvalue weighted by molar-refractivity contribution is 5.75. The number of aliphatic hydroxyl groups is 1. The maximum atomic E-state index is 12.0. The molecule has 2 rings (SSSR count). The Kier molecular flexibility index (Phi) is 3.72. The van der Waals surface area contributed by atoms with Gasteiger partial charge in [-0.1, -0.05) is 18.2 Å². The summed E-state index contributed by atoms with van der Waals surface area (Å²) in [6, 6.07) is 7.13. The molecule has 2 N–H and O–H groups in total. The fourth-order valence-electron chi connectivity index (χ4n) is 1.86. The quantitative estimate of drug-likeness (QED) is 0.845. The normalized spacial score (nSPS) is 18.7. The second kappa shape index (κ2) is 5.27. The summed E-state index contributed by atoms with van der Waals surface area (Å²) in [5.74, 6) is 0.820. The summed E-state index contributed by atoms with van der Waals surface area (Å²) in [6.07, 6.45) is 0. The fourth-order valence-corrected chi connectivity index (χ4v) is 1.86. The molecule has 1 aliphatic rings. The Balaban J connectivity index is 2.02. The van der Waals surface area contributed by atoms with Crippen LogP contribution in [0.4, 0.5) is 4.79 Å². The lowest BCUT2D eigenvalue weighted by Gasteiger charge is -2.25. The third kappa shape index (κ3) is 2.41. The number of hydrogen-bond acceptors (Lipinski definition) is 3. The molecule has 0 fully saturated rings. The van der Waals surface area contributed by atoms with Crippen LogP contribution >= 0.6 is 0 Å². The van der Waals surface area contributed by atoms with Gasteiger partial charge in [-0.05, 0) is 13.0 Å². The van der Waals surface area contributed by atoms with Crippen LogP contribution in [-0.4, -0.2) is 42.3 Å². The van der Waals surface area contributed by atoms with Crippen molar-refractivity contribution < 1.29 is 14.6 Å². The van der Waals surface area contributed by atoms with Gasteiger partial charge in [-0.2, -0.15) is 0 Å². The Labute approximate surface area is 106 Å². The summed E-state index contributed by atoms with van der Waals surface area (Å²) < 4.78 is 5.50. The summed E-state index contributed by atoms with van der Waals surface area (Å²) in [7, 11) is 1.66. The molecule has 2 atom stereocenters. The van der Waals surface area contributed by atoms with Crippen LogP contribution in [-0.2, 0) is 0 Å². The van der Waals surface area contributed by atoms with Gasteiger partial charge in [0.1, 0.15) is 12.4 Å². The number of aliphatic hydroxyl groups excluding tert-OH is 1. The van der Waals surface area contributed by atoms with Crippen molar-refractivity contribution in [3.05, 3.63) is 29.8 Å². The number of hydrogen-bond donors (Lipinski definition) is 2. The number of fused-ring (bicyclic) bond motifs is 1. The van der Waals surface area contributed by atoms with Gasteiger partial charge in [-0.3, -0.25) is 0 Å². The summed E-state index contributed by atoms with van der Waals surface area (Å²) in [4.78, 5) is 13.4. The molecule has 2 unspecified atom stereocenters. The summed E-state index contributed by atoms with van der Waals surface area (Å²) >= 11 is 0. The van der Waals surface area contributed by atoms with E-state index >= 15 is 0 Å². The van der Waals surface area contributed by atoms with Crippen LogP contribution in [0.2, 0.25) is 0 Å². The first kappa shape index (κ1) is 12.7. The SMILES string of the molecule is CC(CO)N(C)C(=O)NC1COc2ccccc21. The second-order valence-corrected chi connectivity index (χ2v) is 4.49. The Morgan fingerprint density at radius 2 is 2.33 bits per heavy atom. The number of para-hydroxylation sites is 1. The van der Waals surface area contributed by atoms with Crippen LogP contribution in [0.1, 0.15) is 18.5 Å². The topological polar surface area (TPSA) is 61.8 Å². The number of nitrogens with zero attached hydrogens (tertiary/aromatic N) is 1. The van der Waals surface area contributed by atoms with E-state index in [0.29, 0.717) is 6.61 Å². The van der Waals surface area contributed by atoms with Crippen LogP contribution in [0.3, 0.4) is 0 Å². The molecule has 0 bridgehead atoms. The Bertz CT molecular complexity index is 436. The van der Waals surface area contributed by atoms with Crippen molar-refractivity contribution in [2.45, 2.75) is 19.0 Å². The van der Waals surface area contributed by atoms with E-state index in [1.807, 2.05) is 24.3 Å². The van der Waals surface area contributed by atoms with Gasteiger partial charge >= 0.3 is 6.03 Å². The first-order valence-electron chi connectivity index (χ1n) is 5.99. The summed E-state index contributed by atoms with van der Waals surface area (Å²) in [5.41, 5.74) is 0.996. The minimum atomic E-state index is -0.207. The highest BCUT2D eigenvalue weighted by atomic mass is 16.5. The van der Waals surface area contributed by atoms with Crippen LogP contribution in [0, 0.1) is 0 Å². The Morgan fingerprint density at radius 1 is 1.61 bits per heavy atom. The molecule has 1 aromatic carbocycles. The number of likely N-dealkylation sites (N-methyl/N-ethyl adjacent to an activating group) is 1. The average Bonchev–Trinajstić information content (AvgIpc) is 2.80. The van der Waals surface area contributed by atoms with Crippen molar-refractivity contribution in [2.75, 3.05) is 20.3 Å². The zero-order valence-electron chi connectivity index (χ0n) is 10.6. The Hall–Kier alpha value is -1.75. The number of rotatable bonds is 3. The van der Waals surface area contributed by atoms with E-state index in [1.54, 1.807) is 14.0 Å². The molecule has 18 heavy (non-hydrogen) atoms. The fraction of sp³-hybridized carbons (Fsp3) is 0.462. The smallest absolute Gasteiger partial charge is 0.318 e. The third-order valence-electron chi connectivity index (χ3n) is 3.24. The molecule has 0 spiro atoms. The van der Waals surface area contributed by atoms with E-state index in [2.05, 4.69) is 5.32 Å². The molecule has 2 amide bonds. The van der Waals surface area contributed by atoms with E-state index in [0.717, 1.165) is 11.3 Å². The molecule has 98 valence electrons. The molecule has 0 saturated carbocycles. The molecule has 0 aromatic heterocycles. The highest BCUT2D eigenvalue weighted by Crippen LogP contribution is 2.31. The predicted molar refractivity (Wildman–Crippen MR) is 67.5 cm³/mol. The van der Waals surface area contributed by atoms with Gasteiger partial charge < -0.3 is 20.1 Å². The van der Waals surface area contributed by atoms with E-state index in [4.69, 9.17) is 9.84 Å². The van der Waals surface area contributed by atoms with Crippen LogP contribution < -0.4 is 10.1 Å². The second-order valence-electron chi connectivity index (χ2n) is 4.49. The minimum Gasteiger partial charge on any atom is -0.491 e. The summed E-state index contributed by atoms with van der Waals surface area (Å²) in [5, 5.41) is 11.9. The largest absolute Gasteiger partial charge is 0.491 e. The van der Waals surface area contributed by atoms with E-state index in [-0.39, 0.29) is 24.7 Å². The third-order valence-corrected chi connectivity index (χ3v) is 3.24. The van der Waals surface area contributed by atoms with Gasteiger partial charge in [0.15, 0.2) is 0 Å². The van der Waals surface area contributed by atoms with Gasteiger partial charge in [0.25, 0.3) is 0 Å². The average molecular weight is 250 g/mol. The van der Waals surface area contributed by atoms with Crippen LogP contribution in [0.25, 0.3) is 0 Å². The van der Waals surface area contributed by atoms with Crippen LogP contribution in [0.5, 0.6) is 5.75 Å². The lowest BCUT2D eigenvalue weighted by Crippen LogP contribution is -2.45. The number of benzene rings is 1. The number of carbonyl (C=O) groups is 1. The van der Waals surface area contributed by atoms with Crippen molar-refractivity contribution in [1.82, 2.24) is 10.2 Å².